The zero-order valence-electron chi connectivity index (χ0n) is 5.31. The van der Waals surface area contributed by atoms with Crippen LogP contribution in [0.3, 0.4) is 0 Å². The fourth-order valence-corrected chi connectivity index (χ4v) is 0.687. The second kappa shape index (κ2) is 3.69. The van der Waals surface area contributed by atoms with E-state index in [2.05, 4.69) is 10.6 Å². The van der Waals surface area contributed by atoms with Crippen LogP contribution in [0.5, 0.6) is 0 Å². The summed E-state index contributed by atoms with van der Waals surface area (Å²) in [6.07, 6.45) is 0.986. The number of hydrogen-bond acceptors (Lipinski definition) is 2. The van der Waals surface area contributed by atoms with Crippen LogP contribution >= 0.6 is 12.4 Å². The normalized spacial score (nSPS) is 23.4. The smallest absolute Gasteiger partial charge is 0.236 e. The zero-order chi connectivity index (χ0) is 5.98. The van der Waals surface area contributed by atoms with E-state index in [1.807, 2.05) is 0 Å². The molecule has 1 saturated heterocycles. The van der Waals surface area contributed by atoms with Gasteiger partial charge in [-0.3, -0.25) is 4.79 Å². The van der Waals surface area contributed by atoms with E-state index in [0.29, 0.717) is 0 Å². The Labute approximate surface area is 60.6 Å². The minimum absolute atomic E-state index is 0. The Balaban J connectivity index is 0.000000640. The van der Waals surface area contributed by atoms with Crippen LogP contribution in [0.1, 0.15) is 6.42 Å². The van der Waals surface area contributed by atoms with Crippen LogP contribution in [0.25, 0.3) is 0 Å². The molecule has 9 heavy (non-hydrogen) atoms. The molecule has 3 nitrogen and oxygen atoms in total. The second-order valence-electron chi connectivity index (χ2n) is 1.91. The third-order valence-corrected chi connectivity index (χ3v) is 1.39. The average Bonchev–Trinajstić information content (AvgIpc) is 1.62. The highest BCUT2D eigenvalue weighted by Gasteiger charge is 2.22. The van der Waals surface area contributed by atoms with Gasteiger partial charge in [0.25, 0.3) is 0 Å². The minimum Gasteiger partial charge on any atom is -0.358 e. The molecule has 0 spiro atoms. The molecule has 1 aliphatic heterocycles. The molecule has 0 aromatic heterocycles. The molecule has 0 saturated carbocycles. The van der Waals surface area contributed by atoms with E-state index >= 15 is 0 Å². The molecular weight excluding hydrogens is 140 g/mol. The van der Waals surface area contributed by atoms with E-state index in [4.69, 9.17) is 0 Å². The van der Waals surface area contributed by atoms with Crippen LogP contribution in [0.15, 0.2) is 0 Å². The van der Waals surface area contributed by atoms with Gasteiger partial charge in [-0.15, -0.1) is 12.4 Å². The third kappa shape index (κ3) is 1.84. The fourth-order valence-electron chi connectivity index (χ4n) is 0.687. The summed E-state index contributed by atoms with van der Waals surface area (Å²) >= 11 is 0. The molecule has 1 atom stereocenters. The van der Waals surface area contributed by atoms with Gasteiger partial charge in [-0.1, -0.05) is 0 Å². The summed E-state index contributed by atoms with van der Waals surface area (Å²) < 4.78 is 0. The predicted octanol–water partition coefficient (Wildman–Crippen LogP) is -0.484. The van der Waals surface area contributed by atoms with E-state index < -0.39 is 0 Å². The molecule has 4 heteroatoms. The lowest BCUT2D eigenvalue weighted by Gasteiger charge is -2.25. The first-order chi connectivity index (χ1) is 3.84. The van der Waals surface area contributed by atoms with Crippen molar-refractivity contribution in [1.82, 2.24) is 10.6 Å². The molecule has 0 aromatic carbocycles. The molecule has 1 amide bonds. The Hall–Kier alpha value is -0.280. The lowest BCUT2D eigenvalue weighted by molar-refractivity contribution is -0.124. The number of likely N-dealkylation sites (N-methyl/N-ethyl adjacent to an activating group) is 1. The summed E-state index contributed by atoms with van der Waals surface area (Å²) in [5.41, 5.74) is 0. The van der Waals surface area contributed by atoms with Gasteiger partial charge in [-0.05, 0) is 13.0 Å². The number of amides is 1. The van der Waals surface area contributed by atoms with Crippen LogP contribution in [0, 0.1) is 0 Å². The maximum atomic E-state index is 10.6. The van der Waals surface area contributed by atoms with Crippen LogP contribution < -0.4 is 10.6 Å². The Morgan fingerprint density at radius 1 is 1.78 bits per heavy atom. The quantitative estimate of drug-likeness (QED) is 0.530. The van der Waals surface area contributed by atoms with Crippen molar-refractivity contribution in [3.63, 3.8) is 0 Å². The summed E-state index contributed by atoms with van der Waals surface area (Å²) in [5.74, 6) is 0.108. The SMILES string of the molecule is CNC(=O)[C@@H]1CCN1.Cl. The van der Waals surface area contributed by atoms with Crippen molar-refractivity contribution in [3.05, 3.63) is 0 Å². The topological polar surface area (TPSA) is 41.1 Å². The maximum absolute atomic E-state index is 10.6. The first kappa shape index (κ1) is 8.72. The predicted molar refractivity (Wildman–Crippen MR) is 37.7 cm³/mol. The van der Waals surface area contributed by atoms with Gasteiger partial charge in [0.1, 0.15) is 0 Å². The molecular formula is C5H11ClN2O. The Bertz CT molecular complexity index is 103. The van der Waals surface area contributed by atoms with Crippen molar-refractivity contribution in [2.75, 3.05) is 13.6 Å². The summed E-state index contributed by atoms with van der Waals surface area (Å²) in [6, 6.07) is 0.0972. The average molecular weight is 151 g/mol. The zero-order valence-corrected chi connectivity index (χ0v) is 6.12. The molecule has 0 aromatic rings. The summed E-state index contributed by atoms with van der Waals surface area (Å²) in [4.78, 5) is 10.6. The van der Waals surface area contributed by atoms with Gasteiger partial charge in [0.05, 0.1) is 6.04 Å². The molecule has 0 unspecified atom stereocenters. The van der Waals surface area contributed by atoms with Gasteiger partial charge >= 0.3 is 0 Å². The number of rotatable bonds is 1. The van der Waals surface area contributed by atoms with Gasteiger partial charge in [0.2, 0.25) is 5.91 Å². The van der Waals surface area contributed by atoms with Crippen molar-refractivity contribution < 1.29 is 4.79 Å². The highest BCUT2D eigenvalue weighted by molar-refractivity contribution is 5.85. The molecule has 1 rings (SSSR count). The molecule has 0 aliphatic carbocycles. The fraction of sp³-hybridized carbons (Fsp3) is 0.800. The number of hydrogen-bond donors (Lipinski definition) is 2. The molecule has 54 valence electrons. The number of nitrogens with one attached hydrogen (secondary N) is 2. The Kier molecular flexibility index (Phi) is 3.58. The van der Waals surface area contributed by atoms with Crippen LogP contribution in [-0.4, -0.2) is 25.5 Å². The monoisotopic (exact) mass is 150 g/mol. The number of carbonyl (C=O) groups is 1. The molecule has 1 aliphatic rings. The first-order valence-corrected chi connectivity index (χ1v) is 2.79. The van der Waals surface area contributed by atoms with E-state index in [9.17, 15) is 4.79 Å². The van der Waals surface area contributed by atoms with Gasteiger partial charge < -0.3 is 10.6 Å². The van der Waals surface area contributed by atoms with E-state index in [1.54, 1.807) is 7.05 Å². The van der Waals surface area contributed by atoms with Gasteiger partial charge in [0, 0.05) is 7.05 Å². The van der Waals surface area contributed by atoms with Crippen LogP contribution in [-0.2, 0) is 4.79 Å². The van der Waals surface area contributed by atoms with Gasteiger partial charge in [-0.2, -0.15) is 0 Å². The van der Waals surface area contributed by atoms with E-state index in [-0.39, 0.29) is 24.4 Å². The van der Waals surface area contributed by atoms with Crippen molar-refractivity contribution >= 4 is 18.3 Å². The number of halogens is 1. The van der Waals surface area contributed by atoms with Crippen molar-refractivity contribution in [2.45, 2.75) is 12.5 Å². The second-order valence-corrected chi connectivity index (χ2v) is 1.91. The minimum atomic E-state index is 0. The molecule has 1 fully saturated rings. The van der Waals surface area contributed by atoms with Gasteiger partial charge in [-0.25, -0.2) is 0 Å². The van der Waals surface area contributed by atoms with E-state index in [0.717, 1.165) is 13.0 Å². The standard InChI is InChI=1S/C5H10N2O.ClH/c1-6-5(8)4-2-3-7-4;/h4,7H,2-3H2,1H3,(H,6,8);1H/t4-;/m0./s1. The van der Waals surface area contributed by atoms with Crippen molar-refractivity contribution in [2.24, 2.45) is 0 Å². The van der Waals surface area contributed by atoms with Crippen LogP contribution in [0.4, 0.5) is 0 Å². The van der Waals surface area contributed by atoms with Gasteiger partial charge in [0.15, 0.2) is 0 Å². The largest absolute Gasteiger partial charge is 0.358 e. The molecule has 0 radical (unpaired) electrons. The molecule has 0 bridgehead atoms. The highest BCUT2D eigenvalue weighted by Crippen LogP contribution is 1.99. The van der Waals surface area contributed by atoms with Crippen LogP contribution in [0.2, 0.25) is 0 Å². The Morgan fingerprint density at radius 2 is 2.33 bits per heavy atom. The molecule has 1 heterocycles. The van der Waals surface area contributed by atoms with Crippen molar-refractivity contribution in [1.29, 1.82) is 0 Å². The summed E-state index contributed by atoms with van der Waals surface area (Å²) in [6.45, 7) is 0.984. The van der Waals surface area contributed by atoms with E-state index in [1.165, 1.54) is 0 Å². The lowest BCUT2D eigenvalue weighted by Crippen LogP contribution is -2.52. The highest BCUT2D eigenvalue weighted by atomic mass is 35.5. The van der Waals surface area contributed by atoms with Crippen molar-refractivity contribution in [3.8, 4) is 0 Å². The lowest BCUT2D eigenvalue weighted by atomic mass is 10.1. The number of carbonyl (C=O) groups excluding carboxylic acids is 1. The summed E-state index contributed by atoms with van der Waals surface area (Å²) in [7, 11) is 1.66. The Morgan fingerprint density at radius 3 is 2.44 bits per heavy atom. The first-order valence-electron chi connectivity index (χ1n) is 2.79. The molecule has 2 N–H and O–H groups in total. The third-order valence-electron chi connectivity index (χ3n) is 1.39. The summed E-state index contributed by atoms with van der Waals surface area (Å²) in [5, 5.41) is 5.55. The maximum Gasteiger partial charge on any atom is 0.236 e.